The molecule has 0 saturated carbocycles. The minimum Gasteiger partial charge on any atom is -0.323 e. The lowest BCUT2D eigenvalue weighted by molar-refractivity contribution is 0.573. The zero-order valence-corrected chi connectivity index (χ0v) is 11.8. The lowest BCUT2D eigenvalue weighted by atomic mass is 9.99. The third kappa shape index (κ3) is 2.07. The second-order valence-corrected chi connectivity index (χ2v) is 6.23. The summed E-state index contributed by atoms with van der Waals surface area (Å²) in [6.07, 6.45) is 3.27. The lowest BCUT2D eigenvalue weighted by Crippen LogP contribution is -2.15. The van der Waals surface area contributed by atoms with Gasteiger partial charge in [0.1, 0.15) is 5.01 Å². The summed E-state index contributed by atoms with van der Waals surface area (Å²) < 4.78 is 0. The maximum absolute atomic E-state index is 6.17. The fourth-order valence-corrected chi connectivity index (χ4v) is 3.63. The molecular weight excluding hydrogens is 264 g/mol. The Labute approximate surface area is 116 Å². The van der Waals surface area contributed by atoms with Crippen LogP contribution in [0.3, 0.4) is 0 Å². The van der Waals surface area contributed by atoms with Gasteiger partial charge in [-0.3, -0.25) is 0 Å². The molecule has 0 aliphatic heterocycles. The highest BCUT2D eigenvalue weighted by atomic mass is 35.5. The van der Waals surface area contributed by atoms with Crippen molar-refractivity contribution in [2.24, 2.45) is 5.73 Å². The Kier molecular flexibility index (Phi) is 3.14. The van der Waals surface area contributed by atoms with Crippen molar-refractivity contribution in [3.8, 4) is 10.6 Å². The van der Waals surface area contributed by atoms with Crippen LogP contribution in [0.1, 0.15) is 35.0 Å². The molecule has 2 aromatic rings. The van der Waals surface area contributed by atoms with Crippen LogP contribution in [0, 0.1) is 6.92 Å². The smallest absolute Gasteiger partial charge is 0.123 e. The van der Waals surface area contributed by atoms with Gasteiger partial charge in [0.2, 0.25) is 0 Å². The zero-order valence-electron chi connectivity index (χ0n) is 10.2. The van der Waals surface area contributed by atoms with Gasteiger partial charge >= 0.3 is 0 Å². The molecule has 18 heavy (non-hydrogen) atoms. The van der Waals surface area contributed by atoms with Crippen LogP contribution >= 0.6 is 22.9 Å². The summed E-state index contributed by atoms with van der Waals surface area (Å²) in [4.78, 5) is 5.98. The number of hydrogen-bond donors (Lipinski definition) is 1. The molecule has 0 spiro atoms. The SMILES string of the molecule is Cc1ccc(-c2nc3c(s2)C(N)CCC3)cc1Cl. The summed E-state index contributed by atoms with van der Waals surface area (Å²) >= 11 is 7.89. The van der Waals surface area contributed by atoms with Crippen LogP contribution in [0.5, 0.6) is 0 Å². The molecule has 0 radical (unpaired) electrons. The number of aromatic nitrogens is 1. The molecule has 3 rings (SSSR count). The Morgan fingerprint density at radius 1 is 1.44 bits per heavy atom. The summed E-state index contributed by atoms with van der Waals surface area (Å²) in [6, 6.07) is 6.28. The molecule has 2 nitrogen and oxygen atoms in total. The Bertz CT molecular complexity index is 591. The van der Waals surface area contributed by atoms with Gasteiger partial charge in [-0.15, -0.1) is 11.3 Å². The van der Waals surface area contributed by atoms with E-state index < -0.39 is 0 Å². The van der Waals surface area contributed by atoms with Gasteiger partial charge in [-0.1, -0.05) is 23.7 Å². The van der Waals surface area contributed by atoms with Crippen molar-refractivity contribution in [1.29, 1.82) is 0 Å². The van der Waals surface area contributed by atoms with Gasteiger partial charge in [-0.2, -0.15) is 0 Å². The normalized spacial score (nSPS) is 18.7. The first-order valence-electron chi connectivity index (χ1n) is 6.17. The van der Waals surface area contributed by atoms with E-state index in [2.05, 4.69) is 6.07 Å². The summed E-state index contributed by atoms with van der Waals surface area (Å²) in [5, 5.41) is 1.84. The van der Waals surface area contributed by atoms with Crippen LogP contribution in [-0.2, 0) is 6.42 Å². The maximum atomic E-state index is 6.17. The van der Waals surface area contributed by atoms with Crippen LogP contribution in [0.4, 0.5) is 0 Å². The van der Waals surface area contributed by atoms with Crippen molar-refractivity contribution in [2.45, 2.75) is 32.2 Å². The monoisotopic (exact) mass is 278 g/mol. The average Bonchev–Trinajstić information content (AvgIpc) is 2.78. The highest BCUT2D eigenvalue weighted by Gasteiger charge is 2.22. The second kappa shape index (κ2) is 4.65. The van der Waals surface area contributed by atoms with Crippen LogP contribution in [0.15, 0.2) is 18.2 Å². The Hall–Kier alpha value is -0.900. The van der Waals surface area contributed by atoms with E-state index in [9.17, 15) is 0 Å². The highest BCUT2D eigenvalue weighted by molar-refractivity contribution is 7.15. The van der Waals surface area contributed by atoms with E-state index in [-0.39, 0.29) is 6.04 Å². The molecule has 1 heterocycles. The second-order valence-electron chi connectivity index (χ2n) is 4.79. The molecule has 0 amide bonds. The fraction of sp³-hybridized carbons (Fsp3) is 0.357. The van der Waals surface area contributed by atoms with Gasteiger partial charge in [-0.25, -0.2) is 4.98 Å². The molecule has 1 unspecified atom stereocenters. The van der Waals surface area contributed by atoms with E-state index in [1.807, 2.05) is 19.1 Å². The van der Waals surface area contributed by atoms with Crippen molar-refractivity contribution in [2.75, 3.05) is 0 Å². The highest BCUT2D eigenvalue weighted by Crippen LogP contribution is 2.37. The molecule has 0 bridgehead atoms. The molecule has 94 valence electrons. The van der Waals surface area contributed by atoms with E-state index in [0.29, 0.717) is 0 Å². The molecule has 2 N–H and O–H groups in total. The van der Waals surface area contributed by atoms with Crippen LogP contribution in [0.2, 0.25) is 5.02 Å². The minimum atomic E-state index is 0.168. The van der Waals surface area contributed by atoms with Crippen molar-refractivity contribution in [1.82, 2.24) is 4.98 Å². The molecule has 4 heteroatoms. The minimum absolute atomic E-state index is 0.168. The maximum Gasteiger partial charge on any atom is 0.123 e. The largest absolute Gasteiger partial charge is 0.323 e. The van der Waals surface area contributed by atoms with Gasteiger partial charge in [0.15, 0.2) is 0 Å². The van der Waals surface area contributed by atoms with Gasteiger partial charge in [0, 0.05) is 21.5 Å². The molecule has 1 aromatic carbocycles. The van der Waals surface area contributed by atoms with E-state index in [4.69, 9.17) is 22.3 Å². The van der Waals surface area contributed by atoms with E-state index >= 15 is 0 Å². The van der Waals surface area contributed by atoms with Crippen molar-refractivity contribution >= 4 is 22.9 Å². The molecule has 0 saturated heterocycles. The lowest BCUT2D eigenvalue weighted by Gasteiger charge is -2.15. The molecule has 1 aromatic heterocycles. The van der Waals surface area contributed by atoms with E-state index in [1.165, 1.54) is 10.6 Å². The van der Waals surface area contributed by atoms with Gasteiger partial charge in [0.05, 0.1) is 5.69 Å². The number of thiazole rings is 1. The van der Waals surface area contributed by atoms with Crippen molar-refractivity contribution in [3.05, 3.63) is 39.4 Å². The quantitative estimate of drug-likeness (QED) is 0.853. The summed E-state index contributed by atoms with van der Waals surface area (Å²) in [5.74, 6) is 0. The average molecular weight is 279 g/mol. The van der Waals surface area contributed by atoms with Gasteiger partial charge in [-0.05, 0) is 37.8 Å². The number of rotatable bonds is 1. The van der Waals surface area contributed by atoms with Crippen molar-refractivity contribution < 1.29 is 0 Å². The fourth-order valence-electron chi connectivity index (χ4n) is 2.30. The molecule has 0 fully saturated rings. The third-order valence-corrected chi connectivity index (χ3v) is 5.10. The molecule has 1 aliphatic rings. The summed E-state index contributed by atoms with van der Waals surface area (Å²) in [5.41, 5.74) is 9.51. The number of nitrogens with zero attached hydrogens (tertiary/aromatic N) is 1. The summed E-state index contributed by atoms with van der Waals surface area (Å²) in [7, 11) is 0. The number of benzene rings is 1. The summed E-state index contributed by atoms with van der Waals surface area (Å²) in [6.45, 7) is 2.01. The first-order valence-corrected chi connectivity index (χ1v) is 7.36. The predicted octanol–water partition coefficient (Wildman–Crippen LogP) is 4.11. The number of fused-ring (bicyclic) bond motifs is 1. The number of hydrogen-bond acceptors (Lipinski definition) is 3. The Morgan fingerprint density at radius 3 is 3.00 bits per heavy atom. The number of halogens is 1. The first kappa shape index (κ1) is 12.2. The van der Waals surface area contributed by atoms with E-state index in [1.54, 1.807) is 11.3 Å². The predicted molar refractivity (Wildman–Crippen MR) is 77.2 cm³/mol. The topological polar surface area (TPSA) is 38.9 Å². The van der Waals surface area contributed by atoms with Gasteiger partial charge in [0.25, 0.3) is 0 Å². The standard InChI is InChI=1S/C14H15ClN2S/c1-8-5-6-9(7-10(8)15)14-17-12-4-2-3-11(16)13(12)18-14/h5-7,11H,2-4,16H2,1H3. The van der Waals surface area contributed by atoms with Crippen LogP contribution in [0.25, 0.3) is 10.6 Å². The van der Waals surface area contributed by atoms with E-state index in [0.717, 1.165) is 40.4 Å². The number of aryl methyl sites for hydroxylation is 2. The van der Waals surface area contributed by atoms with Gasteiger partial charge < -0.3 is 5.73 Å². The Balaban J connectivity index is 2.04. The molecule has 1 atom stereocenters. The first-order chi connectivity index (χ1) is 8.65. The zero-order chi connectivity index (χ0) is 12.7. The van der Waals surface area contributed by atoms with Crippen molar-refractivity contribution in [3.63, 3.8) is 0 Å². The Morgan fingerprint density at radius 2 is 2.28 bits per heavy atom. The molecule has 1 aliphatic carbocycles. The van der Waals surface area contributed by atoms with Crippen LogP contribution < -0.4 is 5.73 Å². The molecular formula is C14H15ClN2S. The van der Waals surface area contributed by atoms with Crippen LogP contribution in [-0.4, -0.2) is 4.98 Å². The third-order valence-electron chi connectivity index (χ3n) is 3.41. The number of nitrogens with two attached hydrogens (primary N) is 1.